The first-order chi connectivity index (χ1) is 11.8. The van der Waals surface area contributed by atoms with Crippen LogP contribution in [0.25, 0.3) is 22.4 Å². The van der Waals surface area contributed by atoms with Crippen LogP contribution in [-0.2, 0) is 6.54 Å². The minimum atomic E-state index is 0.786. The molecule has 0 atom stereocenters. The van der Waals surface area contributed by atoms with Gasteiger partial charge in [-0.1, -0.05) is 54.6 Å². The molecule has 0 N–H and O–H groups in total. The summed E-state index contributed by atoms with van der Waals surface area (Å²) < 4.78 is 7.63. The number of para-hydroxylation sites is 2. The van der Waals surface area contributed by atoms with E-state index in [9.17, 15) is 0 Å². The maximum absolute atomic E-state index is 5.37. The average molecular weight is 314 g/mol. The molecule has 0 aliphatic carbocycles. The summed E-state index contributed by atoms with van der Waals surface area (Å²) in [4.78, 5) is 4.86. The average Bonchev–Trinajstić information content (AvgIpc) is 3.01. The summed E-state index contributed by atoms with van der Waals surface area (Å²) >= 11 is 0. The van der Waals surface area contributed by atoms with Crippen molar-refractivity contribution in [2.75, 3.05) is 7.11 Å². The second kappa shape index (κ2) is 6.20. The fourth-order valence-corrected chi connectivity index (χ4v) is 2.98. The number of hydrogen-bond donors (Lipinski definition) is 0. The fourth-order valence-electron chi connectivity index (χ4n) is 2.98. The summed E-state index contributed by atoms with van der Waals surface area (Å²) in [5, 5.41) is 0. The lowest BCUT2D eigenvalue weighted by Gasteiger charge is -2.10. The van der Waals surface area contributed by atoms with Gasteiger partial charge in [0.25, 0.3) is 0 Å². The molecule has 0 aliphatic rings. The van der Waals surface area contributed by atoms with Gasteiger partial charge in [0.2, 0.25) is 0 Å². The largest absolute Gasteiger partial charge is 0.497 e. The standard InChI is InChI=1S/C21H18N2O/c1-24-18-11-7-10-17(14-18)21-22-19-12-5-6-13-20(19)23(21)15-16-8-3-2-4-9-16/h2-14H,15H2,1H3. The van der Waals surface area contributed by atoms with E-state index in [0.29, 0.717) is 0 Å². The zero-order chi connectivity index (χ0) is 16.4. The van der Waals surface area contributed by atoms with Gasteiger partial charge >= 0.3 is 0 Å². The Morgan fingerprint density at radius 1 is 0.875 bits per heavy atom. The molecule has 4 rings (SSSR count). The first-order valence-corrected chi connectivity index (χ1v) is 7.99. The smallest absolute Gasteiger partial charge is 0.141 e. The van der Waals surface area contributed by atoms with Gasteiger partial charge in [-0.25, -0.2) is 4.98 Å². The zero-order valence-electron chi connectivity index (χ0n) is 13.5. The van der Waals surface area contributed by atoms with Gasteiger partial charge in [-0.15, -0.1) is 0 Å². The Morgan fingerprint density at radius 2 is 1.67 bits per heavy atom. The van der Waals surface area contributed by atoms with E-state index in [2.05, 4.69) is 53.1 Å². The Balaban J connectivity index is 1.89. The van der Waals surface area contributed by atoms with Gasteiger partial charge < -0.3 is 9.30 Å². The number of fused-ring (bicyclic) bond motifs is 1. The number of hydrogen-bond acceptors (Lipinski definition) is 2. The van der Waals surface area contributed by atoms with Crippen LogP contribution in [0.15, 0.2) is 78.9 Å². The van der Waals surface area contributed by atoms with E-state index in [1.54, 1.807) is 7.11 Å². The van der Waals surface area contributed by atoms with Crippen molar-refractivity contribution >= 4 is 11.0 Å². The molecule has 24 heavy (non-hydrogen) atoms. The van der Waals surface area contributed by atoms with Crippen molar-refractivity contribution in [3.05, 3.63) is 84.4 Å². The maximum atomic E-state index is 5.37. The SMILES string of the molecule is COc1cccc(-c2nc3ccccc3n2Cc2ccccc2)c1. The quantitative estimate of drug-likeness (QED) is 0.543. The summed E-state index contributed by atoms with van der Waals surface area (Å²) in [5.74, 6) is 1.80. The highest BCUT2D eigenvalue weighted by Crippen LogP contribution is 2.28. The first kappa shape index (κ1) is 14.5. The lowest BCUT2D eigenvalue weighted by atomic mass is 10.2. The number of imidazole rings is 1. The topological polar surface area (TPSA) is 27.1 Å². The molecule has 4 aromatic rings. The van der Waals surface area contributed by atoms with Crippen molar-refractivity contribution in [3.8, 4) is 17.1 Å². The van der Waals surface area contributed by atoms with Gasteiger partial charge in [0.1, 0.15) is 11.6 Å². The minimum absolute atomic E-state index is 0.786. The van der Waals surface area contributed by atoms with E-state index < -0.39 is 0 Å². The van der Waals surface area contributed by atoms with Crippen molar-refractivity contribution in [2.24, 2.45) is 0 Å². The molecule has 0 aliphatic heterocycles. The van der Waals surface area contributed by atoms with E-state index in [1.807, 2.05) is 30.3 Å². The number of rotatable bonds is 4. The van der Waals surface area contributed by atoms with Crippen molar-refractivity contribution in [1.82, 2.24) is 9.55 Å². The van der Waals surface area contributed by atoms with Crippen molar-refractivity contribution in [3.63, 3.8) is 0 Å². The van der Waals surface area contributed by atoms with Crippen LogP contribution < -0.4 is 4.74 Å². The highest BCUT2D eigenvalue weighted by atomic mass is 16.5. The Hall–Kier alpha value is -3.07. The molecular weight excluding hydrogens is 296 g/mol. The van der Waals surface area contributed by atoms with E-state index in [0.717, 1.165) is 34.7 Å². The van der Waals surface area contributed by atoms with Gasteiger partial charge in [0, 0.05) is 12.1 Å². The van der Waals surface area contributed by atoms with Crippen LogP contribution in [0.4, 0.5) is 0 Å². The van der Waals surface area contributed by atoms with Crippen molar-refractivity contribution in [2.45, 2.75) is 6.54 Å². The van der Waals surface area contributed by atoms with Gasteiger partial charge in [0.15, 0.2) is 0 Å². The van der Waals surface area contributed by atoms with Crippen LogP contribution in [0.5, 0.6) is 5.75 Å². The van der Waals surface area contributed by atoms with E-state index >= 15 is 0 Å². The summed E-state index contributed by atoms with van der Waals surface area (Å²) in [5.41, 5.74) is 4.46. The number of ether oxygens (including phenoxy) is 1. The predicted octanol–water partition coefficient (Wildman–Crippen LogP) is 4.76. The summed E-state index contributed by atoms with van der Waals surface area (Å²) in [6, 6.07) is 26.8. The third-order valence-corrected chi connectivity index (χ3v) is 4.17. The Morgan fingerprint density at radius 3 is 2.50 bits per heavy atom. The van der Waals surface area contributed by atoms with Gasteiger partial charge in [-0.3, -0.25) is 0 Å². The van der Waals surface area contributed by atoms with Gasteiger partial charge in [-0.05, 0) is 29.8 Å². The zero-order valence-corrected chi connectivity index (χ0v) is 13.5. The number of nitrogens with zero attached hydrogens (tertiary/aromatic N) is 2. The van der Waals surface area contributed by atoms with Crippen LogP contribution in [0.3, 0.4) is 0 Å². The molecule has 0 amide bonds. The molecule has 0 saturated carbocycles. The molecule has 3 aromatic carbocycles. The molecule has 1 aromatic heterocycles. The molecule has 118 valence electrons. The maximum Gasteiger partial charge on any atom is 0.141 e. The summed E-state index contributed by atoms with van der Waals surface area (Å²) in [7, 11) is 1.69. The highest BCUT2D eigenvalue weighted by Gasteiger charge is 2.13. The molecule has 0 radical (unpaired) electrons. The molecule has 1 heterocycles. The monoisotopic (exact) mass is 314 g/mol. The van der Waals surface area contributed by atoms with Crippen LogP contribution in [0, 0.1) is 0 Å². The number of aromatic nitrogens is 2. The summed E-state index contributed by atoms with van der Waals surface area (Å²) in [6.45, 7) is 0.786. The predicted molar refractivity (Wildman–Crippen MR) is 97.3 cm³/mol. The van der Waals surface area contributed by atoms with E-state index in [1.165, 1.54) is 5.56 Å². The molecule has 0 bridgehead atoms. The van der Waals surface area contributed by atoms with Crippen LogP contribution in [-0.4, -0.2) is 16.7 Å². The summed E-state index contributed by atoms with van der Waals surface area (Å²) in [6.07, 6.45) is 0. The lowest BCUT2D eigenvalue weighted by molar-refractivity contribution is 0.415. The molecule has 0 spiro atoms. The third-order valence-electron chi connectivity index (χ3n) is 4.17. The minimum Gasteiger partial charge on any atom is -0.497 e. The number of methoxy groups -OCH3 is 1. The van der Waals surface area contributed by atoms with Crippen molar-refractivity contribution < 1.29 is 4.74 Å². The Labute approximate surface area is 141 Å². The van der Waals surface area contributed by atoms with Crippen molar-refractivity contribution in [1.29, 1.82) is 0 Å². The van der Waals surface area contributed by atoms with E-state index in [4.69, 9.17) is 9.72 Å². The molecule has 3 nitrogen and oxygen atoms in total. The molecular formula is C21H18N2O. The second-order valence-corrected chi connectivity index (χ2v) is 5.73. The number of benzene rings is 3. The first-order valence-electron chi connectivity index (χ1n) is 7.99. The molecule has 0 unspecified atom stereocenters. The van der Waals surface area contributed by atoms with Crippen LogP contribution in [0.1, 0.15) is 5.56 Å². The van der Waals surface area contributed by atoms with Crippen LogP contribution in [0.2, 0.25) is 0 Å². The lowest BCUT2D eigenvalue weighted by Crippen LogP contribution is -2.02. The highest BCUT2D eigenvalue weighted by molar-refractivity contribution is 5.81. The Kier molecular flexibility index (Phi) is 3.75. The van der Waals surface area contributed by atoms with E-state index in [-0.39, 0.29) is 0 Å². The second-order valence-electron chi connectivity index (χ2n) is 5.73. The third kappa shape index (κ3) is 2.65. The molecule has 0 fully saturated rings. The molecule has 0 saturated heterocycles. The van der Waals surface area contributed by atoms with Crippen LogP contribution >= 0.6 is 0 Å². The van der Waals surface area contributed by atoms with Gasteiger partial charge in [-0.2, -0.15) is 0 Å². The fraction of sp³-hybridized carbons (Fsp3) is 0.0952. The normalized spacial score (nSPS) is 10.9. The Bertz CT molecular complexity index is 973. The molecule has 3 heteroatoms. The van der Waals surface area contributed by atoms with Gasteiger partial charge in [0.05, 0.1) is 18.1 Å².